The van der Waals surface area contributed by atoms with Gasteiger partial charge in [0.25, 0.3) is 0 Å². The number of ether oxygens (including phenoxy) is 3. The zero-order valence-corrected chi connectivity index (χ0v) is 19.5. The minimum Gasteiger partial charge on any atom is -0.393 e. The molecule has 0 spiro atoms. The average Bonchev–Trinajstić information content (AvgIpc) is 3.17. The van der Waals surface area contributed by atoms with Gasteiger partial charge in [0.2, 0.25) is 0 Å². The van der Waals surface area contributed by atoms with E-state index in [1.165, 1.54) is 0 Å². The Kier molecular flexibility index (Phi) is 7.19. The molecule has 2 atom stereocenters. The molecule has 1 fully saturated rings. The molecule has 0 bridgehead atoms. The van der Waals surface area contributed by atoms with E-state index < -0.39 is 42.4 Å². The van der Waals surface area contributed by atoms with Crippen LogP contribution in [-0.2, 0) is 19.8 Å². The Morgan fingerprint density at radius 2 is 1.21 bits per heavy atom. The molecule has 3 N–H and O–H groups in total. The van der Waals surface area contributed by atoms with E-state index >= 15 is 0 Å². The van der Waals surface area contributed by atoms with Crippen molar-refractivity contribution in [3.8, 4) is 0 Å². The first-order chi connectivity index (χ1) is 16.4. The Hall–Kier alpha value is -2.58. The molecule has 0 aliphatic carbocycles. The van der Waals surface area contributed by atoms with E-state index in [4.69, 9.17) is 14.2 Å². The van der Waals surface area contributed by atoms with E-state index in [-0.39, 0.29) is 6.61 Å². The van der Waals surface area contributed by atoms with Gasteiger partial charge >= 0.3 is 0 Å². The van der Waals surface area contributed by atoms with E-state index in [0.717, 1.165) is 16.7 Å². The molecule has 0 unspecified atom stereocenters. The second-order valence-corrected chi connectivity index (χ2v) is 9.08. The second-order valence-electron chi connectivity index (χ2n) is 9.08. The molecule has 3 aromatic rings. The molecule has 0 radical (unpaired) electrons. The zero-order chi connectivity index (χ0) is 24.2. The molecule has 4 rings (SSSR count). The van der Waals surface area contributed by atoms with E-state index in [1.807, 2.05) is 91.0 Å². The van der Waals surface area contributed by atoms with Gasteiger partial charge in [-0.3, -0.25) is 0 Å². The van der Waals surface area contributed by atoms with Gasteiger partial charge in [-0.25, -0.2) is 0 Å². The SMILES string of the molecule is CC1(C)O[C@H]([C@H](O)COC(c2ccccc2)(c2ccccc2)c2ccccc2)C(CO)(CO)O1. The van der Waals surface area contributed by atoms with Crippen LogP contribution in [0.15, 0.2) is 91.0 Å². The Morgan fingerprint density at radius 1 is 0.794 bits per heavy atom. The third-order valence-electron chi connectivity index (χ3n) is 6.27. The maximum Gasteiger partial charge on any atom is 0.164 e. The fourth-order valence-corrected chi connectivity index (χ4v) is 4.77. The summed E-state index contributed by atoms with van der Waals surface area (Å²) in [6.07, 6.45) is -2.17. The van der Waals surface area contributed by atoms with Crippen molar-refractivity contribution in [1.29, 1.82) is 0 Å². The normalized spacial score (nSPS) is 20.2. The lowest BCUT2D eigenvalue weighted by atomic mass is 9.80. The van der Waals surface area contributed by atoms with Crippen LogP contribution in [0.3, 0.4) is 0 Å². The highest BCUT2D eigenvalue weighted by molar-refractivity contribution is 5.47. The predicted molar refractivity (Wildman–Crippen MR) is 128 cm³/mol. The summed E-state index contributed by atoms with van der Waals surface area (Å²) in [5, 5.41) is 31.3. The van der Waals surface area contributed by atoms with Crippen molar-refractivity contribution in [2.45, 2.75) is 43.0 Å². The molecule has 0 saturated carbocycles. The quantitative estimate of drug-likeness (QED) is 0.422. The van der Waals surface area contributed by atoms with Crippen LogP contribution >= 0.6 is 0 Å². The Bertz CT molecular complexity index is 938. The lowest BCUT2D eigenvalue weighted by Gasteiger charge is -2.38. The number of benzene rings is 3. The van der Waals surface area contributed by atoms with Crippen LogP contribution < -0.4 is 0 Å². The maximum absolute atomic E-state index is 11.2. The van der Waals surface area contributed by atoms with Gasteiger partial charge in [0.1, 0.15) is 23.4 Å². The summed E-state index contributed by atoms with van der Waals surface area (Å²) in [5.74, 6) is -1.08. The molecule has 1 heterocycles. The maximum atomic E-state index is 11.2. The third-order valence-corrected chi connectivity index (χ3v) is 6.27. The zero-order valence-electron chi connectivity index (χ0n) is 19.5. The summed E-state index contributed by atoms with van der Waals surface area (Å²) in [5.41, 5.74) is 0.249. The summed E-state index contributed by atoms with van der Waals surface area (Å²) >= 11 is 0. The first-order valence-electron chi connectivity index (χ1n) is 11.5. The highest BCUT2D eigenvalue weighted by atomic mass is 16.8. The number of aliphatic hydroxyl groups excluding tert-OH is 3. The summed E-state index contributed by atoms with van der Waals surface area (Å²) in [7, 11) is 0. The molecular weight excluding hydrogens is 432 g/mol. The van der Waals surface area contributed by atoms with Crippen LogP contribution in [0.25, 0.3) is 0 Å². The first-order valence-corrected chi connectivity index (χ1v) is 11.5. The number of hydrogen-bond donors (Lipinski definition) is 3. The minimum atomic E-state index is -1.44. The molecule has 34 heavy (non-hydrogen) atoms. The van der Waals surface area contributed by atoms with Crippen molar-refractivity contribution in [3.05, 3.63) is 108 Å². The smallest absolute Gasteiger partial charge is 0.164 e. The van der Waals surface area contributed by atoms with E-state index in [9.17, 15) is 15.3 Å². The lowest BCUT2D eigenvalue weighted by molar-refractivity contribution is -0.179. The van der Waals surface area contributed by atoms with Crippen molar-refractivity contribution in [2.75, 3.05) is 19.8 Å². The van der Waals surface area contributed by atoms with Crippen molar-refractivity contribution in [3.63, 3.8) is 0 Å². The molecule has 1 aliphatic heterocycles. The fourth-order valence-electron chi connectivity index (χ4n) is 4.77. The Morgan fingerprint density at radius 3 is 1.59 bits per heavy atom. The summed E-state index contributed by atoms with van der Waals surface area (Å²) < 4.78 is 18.4. The first kappa shape index (κ1) is 24.5. The summed E-state index contributed by atoms with van der Waals surface area (Å²) in [6, 6.07) is 29.5. The topological polar surface area (TPSA) is 88.4 Å². The van der Waals surface area contributed by atoms with Gasteiger partial charge in [-0.05, 0) is 30.5 Å². The molecule has 3 aromatic carbocycles. The average molecular weight is 465 g/mol. The third kappa shape index (κ3) is 4.53. The standard InChI is InChI=1S/C28H32O6/c1-26(2)33-25(27(19-29,20-30)34-26)24(31)18-32-28(21-12-6-3-7-13-21,22-14-8-4-9-15-22)23-16-10-5-11-17-23/h3-17,24-25,29-31H,18-20H2,1-2H3/t24-,25-/m1/s1. The highest BCUT2D eigenvalue weighted by Gasteiger charge is 2.56. The highest BCUT2D eigenvalue weighted by Crippen LogP contribution is 2.42. The van der Waals surface area contributed by atoms with Crippen LogP contribution in [-0.4, -0.2) is 58.7 Å². The van der Waals surface area contributed by atoms with Gasteiger partial charge in [-0.15, -0.1) is 0 Å². The molecule has 180 valence electrons. The van der Waals surface area contributed by atoms with Gasteiger partial charge in [-0.1, -0.05) is 91.0 Å². The minimum absolute atomic E-state index is 0.134. The molecule has 6 heteroatoms. The van der Waals surface area contributed by atoms with E-state index in [1.54, 1.807) is 13.8 Å². The number of rotatable bonds is 9. The number of hydrogen-bond acceptors (Lipinski definition) is 6. The van der Waals surface area contributed by atoms with Gasteiger partial charge in [0.05, 0.1) is 19.8 Å². The Labute approximate surface area is 200 Å². The molecule has 6 nitrogen and oxygen atoms in total. The van der Waals surface area contributed by atoms with Crippen molar-refractivity contribution in [1.82, 2.24) is 0 Å². The summed E-state index contributed by atoms with van der Waals surface area (Å²) in [4.78, 5) is 0. The largest absolute Gasteiger partial charge is 0.393 e. The molecule has 0 amide bonds. The van der Waals surface area contributed by atoms with Crippen molar-refractivity contribution < 1.29 is 29.5 Å². The van der Waals surface area contributed by atoms with Gasteiger partial charge in [-0.2, -0.15) is 0 Å². The van der Waals surface area contributed by atoms with Crippen LogP contribution in [0.2, 0.25) is 0 Å². The second kappa shape index (κ2) is 9.96. The van der Waals surface area contributed by atoms with Crippen LogP contribution in [0.4, 0.5) is 0 Å². The van der Waals surface area contributed by atoms with Crippen molar-refractivity contribution in [2.24, 2.45) is 0 Å². The van der Waals surface area contributed by atoms with Gasteiger partial charge in [0.15, 0.2) is 5.79 Å². The monoisotopic (exact) mass is 464 g/mol. The van der Waals surface area contributed by atoms with Crippen molar-refractivity contribution >= 4 is 0 Å². The number of aliphatic hydroxyl groups is 3. The van der Waals surface area contributed by atoms with Crippen LogP contribution in [0.1, 0.15) is 30.5 Å². The van der Waals surface area contributed by atoms with Crippen LogP contribution in [0.5, 0.6) is 0 Å². The van der Waals surface area contributed by atoms with Gasteiger partial charge < -0.3 is 29.5 Å². The molecule has 1 saturated heterocycles. The fraction of sp³-hybridized carbons (Fsp3) is 0.357. The van der Waals surface area contributed by atoms with Gasteiger partial charge in [0, 0.05) is 0 Å². The molecule has 0 aromatic heterocycles. The van der Waals surface area contributed by atoms with E-state index in [0.29, 0.717) is 0 Å². The Balaban J connectivity index is 1.75. The van der Waals surface area contributed by atoms with Crippen LogP contribution in [0, 0.1) is 0 Å². The predicted octanol–water partition coefficient (Wildman–Crippen LogP) is 3.23. The van der Waals surface area contributed by atoms with E-state index in [2.05, 4.69) is 0 Å². The lowest BCUT2D eigenvalue weighted by Crippen LogP contribution is -2.54. The summed E-state index contributed by atoms with van der Waals surface area (Å²) in [6.45, 7) is 2.22. The molecular formula is C28H32O6. The molecule has 1 aliphatic rings.